The van der Waals surface area contributed by atoms with Gasteiger partial charge >= 0.3 is 5.69 Å². The molecule has 26 heavy (non-hydrogen) atoms. The molecule has 0 saturated heterocycles. The van der Waals surface area contributed by atoms with Crippen molar-refractivity contribution in [3.63, 3.8) is 0 Å². The summed E-state index contributed by atoms with van der Waals surface area (Å²) in [5.41, 5.74) is 5.93. The average Bonchev–Trinajstić information content (AvgIpc) is 2.62. The molecule has 3 aromatic carbocycles. The summed E-state index contributed by atoms with van der Waals surface area (Å²) in [5, 5.41) is 13.7. The lowest BCUT2D eigenvalue weighted by Crippen LogP contribution is -2.31. The van der Waals surface area contributed by atoms with Crippen molar-refractivity contribution < 1.29 is 9.49 Å². The van der Waals surface area contributed by atoms with Gasteiger partial charge in [-0.15, -0.1) is 0 Å². The zero-order valence-corrected chi connectivity index (χ0v) is 15.0. The molecule has 1 aromatic heterocycles. The number of aryl methyl sites for hydroxylation is 3. The lowest BCUT2D eigenvalue weighted by atomic mass is 9.93. The minimum atomic E-state index is -0.286. The Labute approximate surface area is 151 Å². The van der Waals surface area contributed by atoms with Gasteiger partial charge in [0, 0.05) is 17.5 Å². The van der Waals surface area contributed by atoms with Crippen LogP contribution in [-0.2, 0) is 7.05 Å². The van der Waals surface area contributed by atoms with E-state index in [1.807, 2.05) is 55.8 Å². The fourth-order valence-corrected chi connectivity index (χ4v) is 3.78. The highest BCUT2D eigenvalue weighted by Crippen LogP contribution is 2.37. The van der Waals surface area contributed by atoms with E-state index in [9.17, 15) is 10.1 Å². The van der Waals surface area contributed by atoms with Crippen molar-refractivity contribution in [2.24, 2.45) is 7.05 Å². The second-order valence-corrected chi connectivity index (χ2v) is 6.74. The number of hydrogen-bond donors (Lipinski definition) is 0. The molecule has 0 N–H and O–H groups in total. The Bertz CT molecular complexity index is 1180. The zero-order chi connectivity index (χ0) is 18.4. The van der Waals surface area contributed by atoms with Gasteiger partial charge in [0.1, 0.15) is 7.05 Å². The fraction of sp³-hybridized carbons (Fsp3) is 0.136. The number of nitro benzene ring substituents is 1. The van der Waals surface area contributed by atoms with E-state index in [0.29, 0.717) is 5.52 Å². The summed E-state index contributed by atoms with van der Waals surface area (Å²) in [6.45, 7) is 3.97. The summed E-state index contributed by atoms with van der Waals surface area (Å²) < 4.78 is 1.95. The van der Waals surface area contributed by atoms with Gasteiger partial charge in [0.15, 0.2) is 0 Å². The van der Waals surface area contributed by atoms with E-state index in [1.54, 1.807) is 6.07 Å². The lowest BCUT2D eigenvalue weighted by Gasteiger charge is -2.11. The number of rotatable bonds is 2. The van der Waals surface area contributed by atoms with E-state index >= 15 is 0 Å². The Hall–Kier alpha value is -3.27. The molecular formula is C22H19N2O2+. The van der Waals surface area contributed by atoms with Gasteiger partial charge in [0.05, 0.1) is 10.3 Å². The Morgan fingerprint density at radius 3 is 2.38 bits per heavy atom. The van der Waals surface area contributed by atoms with Crippen LogP contribution in [0.5, 0.6) is 0 Å². The van der Waals surface area contributed by atoms with E-state index in [4.69, 9.17) is 0 Å². The first-order chi connectivity index (χ1) is 12.5. The van der Waals surface area contributed by atoms with E-state index < -0.39 is 0 Å². The van der Waals surface area contributed by atoms with Crippen LogP contribution >= 0.6 is 0 Å². The number of non-ortho nitro benzene ring substituents is 1. The standard InChI is InChI=1S/C22H19N2O2/c1-14-9-10-17-13-18-21(16-7-5-4-6-8-16)15(2)12-20(24(25)26)22(18)23(3)19(17)11-14/h4-13H,1-3H3/q+1. The molecule has 0 unspecified atom stereocenters. The number of fused-ring (bicyclic) bond motifs is 2. The Morgan fingerprint density at radius 2 is 1.69 bits per heavy atom. The number of pyridine rings is 1. The maximum absolute atomic E-state index is 11.8. The van der Waals surface area contributed by atoms with Crippen LogP contribution < -0.4 is 4.57 Å². The van der Waals surface area contributed by atoms with Crippen molar-refractivity contribution in [3.05, 3.63) is 81.9 Å². The minimum absolute atomic E-state index is 0.142. The highest BCUT2D eigenvalue weighted by atomic mass is 16.6. The Kier molecular flexibility index (Phi) is 3.69. The van der Waals surface area contributed by atoms with Crippen LogP contribution in [0.2, 0.25) is 0 Å². The first-order valence-electron chi connectivity index (χ1n) is 8.54. The van der Waals surface area contributed by atoms with Gasteiger partial charge in [-0.05, 0) is 48.2 Å². The largest absolute Gasteiger partial charge is 0.340 e. The third-order valence-corrected chi connectivity index (χ3v) is 4.96. The Morgan fingerprint density at radius 1 is 0.962 bits per heavy atom. The van der Waals surface area contributed by atoms with Crippen LogP contribution in [0.15, 0.2) is 60.7 Å². The normalized spacial score (nSPS) is 11.2. The molecule has 0 bridgehead atoms. The van der Waals surface area contributed by atoms with Crippen LogP contribution in [-0.4, -0.2) is 4.92 Å². The third-order valence-electron chi connectivity index (χ3n) is 4.96. The topological polar surface area (TPSA) is 47.0 Å². The molecule has 1 heterocycles. The summed E-state index contributed by atoms with van der Waals surface area (Å²) in [7, 11) is 1.90. The predicted octanol–water partition coefficient (Wildman–Crippen LogP) is 5.01. The van der Waals surface area contributed by atoms with Gasteiger partial charge in [-0.1, -0.05) is 36.4 Å². The molecule has 0 fully saturated rings. The average molecular weight is 343 g/mol. The summed E-state index contributed by atoms with van der Waals surface area (Å²) in [6, 6.07) is 20.0. The van der Waals surface area contributed by atoms with Crippen molar-refractivity contribution in [2.75, 3.05) is 0 Å². The van der Waals surface area contributed by atoms with E-state index in [-0.39, 0.29) is 10.6 Å². The monoisotopic (exact) mass is 343 g/mol. The maximum atomic E-state index is 11.8. The van der Waals surface area contributed by atoms with Gasteiger partial charge in [-0.2, -0.15) is 4.57 Å². The maximum Gasteiger partial charge on any atom is 0.340 e. The van der Waals surface area contributed by atoms with Gasteiger partial charge in [0.2, 0.25) is 5.52 Å². The molecule has 0 spiro atoms. The number of nitro groups is 1. The van der Waals surface area contributed by atoms with Crippen LogP contribution in [0, 0.1) is 24.0 Å². The van der Waals surface area contributed by atoms with E-state index in [0.717, 1.165) is 38.5 Å². The molecule has 4 heteroatoms. The summed E-state index contributed by atoms with van der Waals surface area (Å²) >= 11 is 0. The molecule has 0 atom stereocenters. The fourth-order valence-electron chi connectivity index (χ4n) is 3.78. The number of hydrogen-bond acceptors (Lipinski definition) is 2. The molecule has 0 aliphatic carbocycles. The van der Waals surface area contributed by atoms with E-state index in [1.165, 1.54) is 0 Å². The molecule has 0 amide bonds. The van der Waals surface area contributed by atoms with Crippen molar-refractivity contribution >= 4 is 27.5 Å². The molecule has 4 nitrogen and oxygen atoms in total. The first-order valence-corrected chi connectivity index (χ1v) is 8.54. The SMILES string of the molecule is Cc1ccc2cc3c(-c4ccccc4)c(C)cc([N+](=O)[O-])c3[n+](C)c2c1. The van der Waals surface area contributed by atoms with Gasteiger partial charge < -0.3 is 0 Å². The van der Waals surface area contributed by atoms with Crippen LogP contribution in [0.4, 0.5) is 5.69 Å². The molecule has 4 aromatic rings. The van der Waals surface area contributed by atoms with Crippen LogP contribution in [0.3, 0.4) is 0 Å². The molecule has 128 valence electrons. The highest BCUT2D eigenvalue weighted by Gasteiger charge is 2.27. The summed E-state index contributed by atoms with van der Waals surface area (Å²) in [4.78, 5) is 11.5. The molecule has 0 saturated carbocycles. The molecule has 4 rings (SSSR count). The number of nitrogens with zero attached hydrogens (tertiary/aromatic N) is 2. The summed E-state index contributed by atoms with van der Waals surface area (Å²) in [5.74, 6) is 0. The van der Waals surface area contributed by atoms with E-state index in [2.05, 4.69) is 24.3 Å². The quantitative estimate of drug-likeness (QED) is 0.222. The summed E-state index contributed by atoms with van der Waals surface area (Å²) in [6.07, 6.45) is 0. The second-order valence-electron chi connectivity index (χ2n) is 6.74. The van der Waals surface area contributed by atoms with Gasteiger partial charge in [0.25, 0.3) is 5.52 Å². The lowest BCUT2D eigenvalue weighted by molar-refractivity contribution is -0.620. The number of aromatic nitrogens is 1. The predicted molar refractivity (Wildman–Crippen MR) is 104 cm³/mol. The second kappa shape index (κ2) is 5.92. The minimum Gasteiger partial charge on any atom is -0.258 e. The van der Waals surface area contributed by atoms with Crippen molar-refractivity contribution in [3.8, 4) is 11.1 Å². The first kappa shape index (κ1) is 16.2. The molecule has 0 aliphatic rings. The van der Waals surface area contributed by atoms with Gasteiger partial charge in [-0.3, -0.25) is 10.1 Å². The van der Waals surface area contributed by atoms with Crippen molar-refractivity contribution in [1.82, 2.24) is 0 Å². The van der Waals surface area contributed by atoms with Crippen LogP contribution in [0.25, 0.3) is 32.9 Å². The molecule has 0 radical (unpaired) electrons. The Balaban J connectivity index is 2.25. The smallest absolute Gasteiger partial charge is 0.258 e. The van der Waals surface area contributed by atoms with Gasteiger partial charge in [-0.25, -0.2) is 0 Å². The molecular weight excluding hydrogens is 324 g/mol. The highest BCUT2D eigenvalue weighted by molar-refractivity contribution is 6.03. The van der Waals surface area contributed by atoms with Crippen molar-refractivity contribution in [2.45, 2.75) is 13.8 Å². The molecule has 0 aliphatic heterocycles. The van der Waals surface area contributed by atoms with Crippen LogP contribution in [0.1, 0.15) is 11.1 Å². The third kappa shape index (κ3) is 2.42. The zero-order valence-electron chi connectivity index (χ0n) is 15.0. The number of benzene rings is 3. The van der Waals surface area contributed by atoms with Crippen molar-refractivity contribution in [1.29, 1.82) is 0 Å².